The quantitative estimate of drug-likeness (QED) is 0.719. The molecule has 1 saturated carbocycles. The molecule has 2 atom stereocenters. The molecule has 1 N–H and O–H groups in total. The predicted molar refractivity (Wildman–Crippen MR) is 53.8 cm³/mol. The molecule has 2 unspecified atom stereocenters. The molecule has 0 aromatic rings. The summed E-state index contributed by atoms with van der Waals surface area (Å²) < 4.78 is 5.76. The van der Waals surface area contributed by atoms with Crippen LogP contribution in [0.2, 0.25) is 0 Å². The lowest BCUT2D eigenvalue weighted by molar-refractivity contribution is 0.0406. The van der Waals surface area contributed by atoms with Crippen LogP contribution in [-0.2, 0) is 4.74 Å². The Hall–Kier alpha value is -0.0800. The molecule has 13 heavy (non-hydrogen) atoms. The SMILES string of the molecule is CCNC(C1CCC1)C1CCCO1. The van der Waals surface area contributed by atoms with Crippen molar-refractivity contribution in [3.63, 3.8) is 0 Å². The van der Waals surface area contributed by atoms with Crippen molar-refractivity contribution in [3.05, 3.63) is 0 Å². The van der Waals surface area contributed by atoms with Gasteiger partial charge in [0.05, 0.1) is 6.10 Å². The highest BCUT2D eigenvalue weighted by atomic mass is 16.5. The van der Waals surface area contributed by atoms with Gasteiger partial charge in [0, 0.05) is 12.6 Å². The monoisotopic (exact) mass is 183 g/mol. The Labute approximate surface area is 81.0 Å². The minimum atomic E-state index is 0.519. The maximum Gasteiger partial charge on any atom is 0.0731 e. The van der Waals surface area contributed by atoms with Crippen molar-refractivity contribution in [2.45, 2.75) is 51.2 Å². The van der Waals surface area contributed by atoms with Gasteiger partial charge in [-0.3, -0.25) is 0 Å². The van der Waals surface area contributed by atoms with Crippen molar-refractivity contribution in [2.24, 2.45) is 5.92 Å². The van der Waals surface area contributed by atoms with Crippen molar-refractivity contribution >= 4 is 0 Å². The highest BCUT2D eigenvalue weighted by Crippen LogP contribution is 2.33. The van der Waals surface area contributed by atoms with Crippen LogP contribution in [0, 0.1) is 5.92 Å². The van der Waals surface area contributed by atoms with Gasteiger partial charge in [0.15, 0.2) is 0 Å². The Morgan fingerprint density at radius 1 is 1.31 bits per heavy atom. The van der Waals surface area contributed by atoms with Gasteiger partial charge in [-0.25, -0.2) is 0 Å². The van der Waals surface area contributed by atoms with Gasteiger partial charge in [-0.15, -0.1) is 0 Å². The summed E-state index contributed by atoms with van der Waals surface area (Å²) in [5.41, 5.74) is 0. The lowest BCUT2D eigenvalue weighted by atomic mass is 9.77. The van der Waals surface area contributed by atoms with Crippen LogP contribution in [0.1, 0.15) is 39.0 Å². The molecule has 1 aliphatic heterocycles. The minimum absolute atomic E-state index is 0.519. The van der Waals surface area contributed by atoms with Crippen molar-refractivity contribution < 1.29 is 4.74 Å². The molecule has 76 valence electrons. The first-order valence-corrected chi connectivity index (χ1v) is 5.77. The summed E-state index contributed by atoms with van der Waals surface area (Å²) in [6.07, 6.45) is 7.31. The highest BCUT2D eigenvalue weighted by molar-refractivity contribution is 4.89. The third-order valence-electron chi connectivity index (χ3n) is 3.46. The molecule has 0 amide bonds. The van der Waals surface area contributed by atoms with Gasteiger partial charge in [0.25, 0.3) is 0 Å². The summed E-state index contributed by atoms with van der Waals surface area (Å²) in [6.45, 7) is 4.26. The molecular weight excluding hydrogens is 162 g/mol. The zero-order valence-electron chi connectivity index (χ0n) is 8.59. The van der Waals surface area contributed by atoms with Gasteiger partial charge in [0.2, 0.25) is 0 Å². The highest BCUT2D eigenvalue weighted by Gasteiger charge is 2.34. The van der Waals surface area contributed by atoms with Crippen LogP contribution in [0.25, 0.3) is 0 Å². The van der Waals surface area contributed by atoms with Crippen LogP contribution < -0.4 is 5.32 Å². The van der Waals surface area contributed by atoms with Crippen LogP contribution in [0.4, 0.5) is 0 Å². The molecule has 0 aromatic heterocycles. The van der Waals surface area contributed by atoms with Gasteiger partial charge in [0.1, 0.15) is 0 Å². The molecule has 2 fully saturated rings. The second-order valence-electron chi connectivity index (χ2n) is 4.33. The Balaban J connectivity index is 1.86. The number of hydrogen-bond acceptors (Lipinski definition) is 2. The molecule has 2 rings (SSSR count). The van der Waals surface area contributed by atoms with Gasteiger partial charge >= 0.3 is 0 Å². The number of nitrogens with one attached hydrogen (secondary N) is 1. The standard InChI is InChI=1S/C11H21NO/c1-2-12-11(9-5-3-6-9)10-7-4-8-13-10/h9-12H,2-8H2,1H3. The first-order chi connectivity index (χ1) is 6.42. The predicted octanol–water partition coefficient (Wildman–Crippen LogP) is 1.94. The van der Waals surface area contributed by atoms with Crippen LogP contribution in [0.3, 0.4) is 0 Å². The van der Waals surface area contributed by atoms with Gasteiger partial charge in [-0.2, -0.15) is 0 Å². The number of rotatable bonds is 4. The topological polar surface area (TPSA) is 21.3 Å². The smallest absolute Gasteiger partial charge is 0.0731 e. The summed E-state index contributed by atoms with van der Waals surface area (Å²) in [5, 5.41) is 3.60. The van der Waals surface area contributed by atoms with E-state index < -0.39 is 0 Å². The lowest BCUT2D eigenvalue weighted by Gasteiger charge is -2.37. The van der Waals surface area contributed by atoms with E-state index in [1.54, 1.807) is 0 Å². The fourth-order valence-corrected chi connectivity index (χ4v) is 2.52. The Bertz CT molecular complexity index is 150. The minimum Gasteiger partial charge on any atom is -0.377 e. The molecule has 0 spiro atoms. The second kappa shape index (κ2) is 4.43. The van der Waals surface area contributed by atoms with E-state index in [4.69, 9.17) is 4.74 Å². The summed E-state index contributed by atoms with van der Waals surface area (Å²) in [6, 6.07) is 0.654. The normalized spacial score (nSPS) is 31.6. The van der Waals surface area contributed by atoms with E-state index in [0.717, 1.165) is 19.1 Å². The zero-order chi connectivity index (χ0) is 9.10. The summed E-state index contributed by atoms with van der Waals surface area (Å²) >= 11 is 0. The van der Waals surface area contributed by atoms with E-state index in [1.807, 2.05) is 0 Å². The first-order valence-electron chi connectivity index (χ1n) is 5.77. The van der Waals surface area contributed by atoms with Gasteiger partial charge in [-0.1, -0.05) is 13.3 Å². The molecule has 1 saturated heterocycles. The molecule has 2 nitrogen and oxygen atoms in total. The molecule has 2 aliphatic rings. The van der Waals surface area contributed by atoms with Crippen molar-refractivity contribution in [1.82, 2.24) is 5.32 Å². The Morgan fingerprint density at radius 2 is 2.15 bits per heavy atom. The summed E-state index contributed by atoms with van der Waals surface area (Å²) in [5.74, 6) is 0.906. The third kappa shape index (κ3) is 2.05. The molecule has 0 aromatic carbocycles. The number of hydrogen-bond donors (Lipinski definition) is 1. The second-order valence-corrected chi connectivity index (χ2v) is 4.33. The molecule has 1 heterocycles. The molecular formula is C11H21NO. The van der Waals surface area contributed by atoms with E-state index in [-0.39, 0.29) is 0 Å². The van der Waals surface area contributed by atoms with E-state index in [0.29, 0.717) is 12.1 Å². The summed E-state index contributed by atoms with van der Waals surface area (Å²) in [4.78, 5) is 0. The van der Waals surface area contributed by atoms with Crippen molar-refractivity contribution in [1.29, 1.82) is 0 Å². The van der Waals surface area contributed by atoms with E-state index in [2.05, 4.69) is 12.2 Å². The van der Waals surface area contributed by atoms with Crippen LogP contribution in [0.5, 0.6) is 0 Å². The Morgan fingerprint density at radius 3 is 2.62 bits per heavy atom. The van der Waals surface area contributed by atoms with Crippen molar-refractivity contribution in [3.8, 4) is 0 Å². The summed E-state index contributed by atoms with van der Waals surface area (Å²) in [7, 11) is 0. The van der Waals surface area contributed by atoms with Gasteiger partial charge in [-0.05, 0) is 38.1 Å². The fraction of sp³-hybridized carbons (Fsp3) is 1.00. The molecule has 2 heteroatoms. The first kappa shape index (κ1) is 9.47. The Kier molecular flexibility index (Phi) is 3.23. The average molecular weight is 183 g/mol. The largest absolute Gasteiger partial charge is 0.377 e. The maximum absolute atomic E-state index is 5.76. The van der Waals surface area contributed by atoms with Crippen LogP contribution in [0.15, 0.2) is 0 Å². The molecule has 0 radical (unpaired) electrons. The fourth-order valence-electron chi connectivity index (χ4n) is 2.52. The average Bonchev–Trinajstić information content (AvgIpc) is 2.51. The third-order valence-corrected chi connectivity index (χ3v) is 3.46. The maximum atomic E-state index is 5.76. The number of ether oxygens (including phenoxy) is 1. The lowest BCUT2D eigenvalue weighted by Crippen LogP contribution is -2.47. The molecule has 0 bridgehead atoms. The number of likely N-dealkylation sites (N-methyl/N-ethyl adjacent to an activating group) is 1. The van der Waals surface area contributed by atoms with E-state index in [9.17, 15) is 0 Å². The van der Waals surface area contributed by atoms with Crippen LogP contribution >= 0.6 is 0 Å². The zero-order valence-corrected chi connectivity index (χ0v) is 8.59. The van der Waals surface area contributed by atoms with E-state index >= 15 is 0 Å². The van der Waals surface area contributed by atoms with Crippen LogP contribution in [-0.4, -0.2) is 25.3 Å². The van der Waals surface area contributed by atoms with Crippen molar-refractivity contribution in [2.75, 3.05) is 13.2 Å². The molecule has 1 aliphatic carbocycles. The van der Waals surface area contributed by atoms with E-state index in [1.165, 1.54) is 32.1 Å². The van der Waals surface area contributed by atoms with Gasteiger partial charge < -0.3 is 10.1 Å².